The summed E-state index contributed by atoms with van der Waals surface area (Å²) in [5.74, 6) is 6.76. The quantitative estimate of drug-likeness (QED) is 0.475. The molecule has 64 valence electrons. The first-order valence-electron chi connectivity index (χ1n) is 4.31. The van der Waals surface area contributed by atoms with E-state index < -0.39 is 0 Å². The van der Waals surface area contributed by atoms with Crippen molar-refractivity contribution in [1.29, 1.82) is 0 Å². The van der Waals surface area contributed by atoms with E-state index in [1.54, 1.807) is 12.3 Å². The molecule has 1 fully saturated rings. The summed E-state index contributed by atoms with van der Waals surface area (Å²) in [5.41, 5.74) is 1.34. The second-order valence-corrected chi connectivity index (χ2v) is 3.13. The second-order valence-electron chi connectivity index (χ2n) is 3.13. The summed E-state index contributed by atoms with van der Waals surface area (Å²) in [7, 11) is 0. The third-order valence-corrected chi connectivity index (χ3v) is 1.91. The van der Waals surface area contributed by atoms with Crippen LogP contribution in [0.2, 0.25) is 0 Å². The van der Waals surface area contributed by atoms with Crippen molar-refractivity contribution in [2.24, 2.45) is 5.92 Å². The van der Waals surface area contributed by atoms with Crippen molar-refractivity contribution in [3.63, 3.8) is 0 Å². The molecule has 1 heterocycles. The summed E-state index contributed by atoms with van der Waals surface area (Å²) in [6.07, 6.45) is 4.83. The first-order chi connectivity index (χ1) is 6.38. The number of rotatable bonds is 1. The zero-order valence-electron chi connectivity index (χ0n) is 7.16. The van der Waals surface area contributed by atoms with Gasteiger partial charge >= 0.3 is 0 Å². The fourth-order valence-electron chi connectivity index (χ4n) is 0.962. The predicted molar refractivity (Wildman–Crippen MR) is 49.2 cm³/mol. The van der Waals surface area contributed by atoms with Crippen LogP contribution in [0.5, 0.6) is 0 Å². The maximum absolute atomic E-state index is 10.3. The van der Waals surface area contributed by atoms with E-state index in [0.717, 1.165) is 11.8 Å². The van der Waals surface area contributed by atoms with E-state index in [-0.39, 0.29) is 0 Å². The van der Waals surface area contributed by atoms with Gasteiger partial charge in [0.15, 0.2) is 6.29 Å². The van der Waals surface area contributed by atoms with Gasteiger partial charge in [0.05, 0.1) is 0 Å². The molecule has 0 radical (unpaired) electrons. The largest absolute Gasteiger partial charge is 0.296 e. The highest BCUT2D eigenvalue weighted by Gasteiger charge is 2.17. The number of carbonyl (C=O) groups excluding carboxylic acids is 1. The van der Waals surface area contributed by atoms with E-state index in [9.17, 15) is 4.79 Å². The van der Waals surface area contributed by atoms with E-state index in [2.05, 4.69) is 16.8 Å². The summed E-state index contributed by atoms with van der Waals surface area (Å²) in [6, 6.07) is 3.51. The molecule has 2 rings (SSSR count). The first kappa shape index (κ1) is 8.00. The third-order valence-electron chi connectivity index (χ3n) is 1.91. The van der Waals surface area contributed by atoms with Crippen LogP contribution in [-0.4, -0.2) is 11.3 Å². The average molecular weight is 171 g/mol. The fourth-order valence-corrected chi connectivity index (χ4v) is 0.962. The van der Waals surface area contributed by atoms with Crippen molar-refractivity contribution in [3.8, 4) is 11.8 Å². The Morgan fingerprint density at radius 2 is 2.31 bits per heavy atom. The van der Waals surface area contributed by atoms with Gasteiger partial charge in [-0.15, -0.1) is 0 Å². The maximum Gasteiger partial charge on any atom is 0.168 e. The Bertz CT molecular complexity index is 365. The molecule has 1 aromatic heterocycles. The highest BCUT2D eigenvalue weighted by molar-refractivity contribution is 5.71. The van der Waals surface area contributed by atoms with Gasteiger partial charge in [-0.1, -0.05) is 11.8 Å². The Labute approximate surface area is 77.0 Å². The van der Waals surface area contributed by atoms with Crippen molar-refractivity contribution >= 4 is 6.29 Å². The molecule has 0 spiro atoms. The first-order valence-corrected chi connectivity index (χ1v) is 4.31. The molecule has 0 aliphatic heterocycles. The van der Waals surface area contributed by atoms with Crippen LogP contribution in [-0.2, 0) is 0 Å². The van der Waals surface area contributed by atoms with Crippen LogP contribution < -0.4 is 0 Å². The molecule has 2 heteroatoms. The van der Waals surface area contributed by atoms with Gasteiger partial charge in [-0.25, -0.2) is 0 Å². The molecule has 0 amide bonds. The average Bonchev–Trinajstić information content (AvgIpc) is 2.99. The Morgan fingerprint density at radius 1 is 1.46 bits per heavy atom. The van der Waals surface area contributed by atoms with Crippen LogP contribution in [0.15, 0.2) is 18.3 Å². The van der Waals surface area contributed by atoms with Crippen molar-refractivity contribution in [2.75, 3.05) is 0 Å². The molecule has 0 aromatic carbocycles. The lowest BCUT2D eigenvalue weighted by atomic mass is 10.2. The molecule has 1 aromatic rings. The summed E-state index contributed by atoms with van der Waals surface area (Å²) in [4.78, 5) is 14.2. The molecule has 0 unspecified atom stereocenters. The van der Waals surface area contributed by atoms with Crippen LogP contribution >= 0.6 is 0 Å². The Hall–Kier alpha value is -1.62. The topological polar surface area (TPSA) is 30.0 Å². The van der Waals surface area contributed by atoms with Gasteiger partial charge in [-0.05, 0) is 25.0 Å². The lowest BCUT2D eigenvalue weighted by Gasteiger charge is -1.89. The number of pyridine rings is 1. The number of aldehydes is 1. The molecule has 2 nitrogen and oxygen atoms in total. The third kappa shape index (κ3) is 2.16. The molecule has 13 heavy (non-hydrogen) atoms. The molecule has 1 aliphatic rings. The number of carbonyl (C=O) groups is 1. The number of nitrogens with zero attached hydrogens (tertiary/aromatic N) is 1. The lowest BCUT2D eigenvalue weighted by Crippen LogP contribution is -1.85. The fraction of sp³-hybridized carbons (Fsp3) is 0.273. The van der Waals surface area contributed by atoms with E-state index in [1.807, 2.05) is 6.07 Å². The minimum atomic E-state index is 0.456. The SMILES string of the molecule is O=Cc1ccc(C#CC2CC2)cn1. The van der Waals surface area contributed by atoms with Gasteiger partial charge in [0, 0.05) is 17.7 Å². The normalized spacial score (nSPS) is 14.5. The van der Waals surface area contributed by atoms with Gasteiger partial charge in [0.2, 0.25) is 0 Å². The molecular formula is C11H9NO. The molecule has 1 saturated carbocycles. The van der Waals surface area contributed by atoms with Crippen LogP contribution in [0.3, 0.4) is 0 Å². The highest BCUT2D eigenvalue weighted by atomic mass is 16.1. The van der Waals surface area contributed by atoms with E-state index in [1.165, 1.54) is 12.8 Å². The number of aromatic nitrogens is 1. The molecule has 0 N–H and O–H groups in total. The molecule has 0 atom stereocenters. The van der Waals surface area contributed by atoms with E-state index >= 15 is 0 Å². The van der Waals surface area contributed by atoms with Crippen LogP contribution in [0.25, 0.3) is 0 Å². The number of hydrogen-bond donors (Lipinski definition) is 0. The zero-order chi connectivity index (χ0) is 9.10. The minimum Gasteiger partial charge on any atom is -0.296 e. The molecule has 1 aliphatic carbocycles. The van der Waals surface area contributed by atoms with Gasteiger partial charge in [-0.3, -0.25) is 9.78 Å². The second kappa shape index (κ2) is 3.40. The summed E-state index contributed by atoms with van der Waals surface area (Å²) in [6.45, 7) is 0. The Balaban J connectivity index is 2.13. The smallest absolute Gasteiger partial charge is 0.168 e. The van der Waals surface area contributed by atoms with E-state index in [4.69, 9.17) is 0 Å². The van der Waals surface area contributed by atoms with Crippen molar-refractivity contribution in [3.05, 3.63) is 29.6 Å². The van der Waals surface area contributed by atoms with Crippen molar-refractivity contribution < 1.29 is 4.79 Å². The summed E-state index contributed by atoms with van der Waals surface area (Å²) < 4.78 is 0. The van der Waals surface area contributed by atoms with Gasteiger partial charge in [-0.2, -0.15) is 0 Å². The highest BCUT2D eigenvalue weighted by Crippen LogP contribution is 2.27. The number of hydrogen-bond acceptors (Lipinski definition) is 2. The Kier molecular flexibility index (Phi) is 2.09. The Morgan fingerprint density at radius 3 is 2.85 bits per heavy atom. The monoisotopic (exact) mass is 171 g/mol. The molecular weight excluding hydrogens is 162 g/mol. The standard InChI is InChI=1S/C11H9NO/c13-8-11-6-5-10(7-12-11)4-3-9-1-2-9/h5-9H,1-2H2. The van der Waals surface area contributed by atoms with Crippen LogP contribution in [0.4, 0.5) is 0 Å². The van der Waals surface area contributed by atoms with E-state index in [0.29, 0.717) is 11.6 Å². The summed E-state index contributed by atoms with van der Waals surface area (Å²) in [5, 5.41) is 0. The van der Waals surface area contributed by atoms with Crippen LogP contribution in [0.1, 0.15) is 28.9 Å². The van der Waals surface area contributed by atoms with Gasteiger partial charge < -0.3 is 0 Å². The van der Waals surface area contributed by atoms with Crippen LogP contribution in [0, 0.1) is 17.8 Å². The van der Waals surface area contributed by atoms with Gasteiger partial charge in [0.25, 0.3) is 0 Å². The molecule has 0 saturated heterocycles. The van der Waals surface area contributed by atoms with Gasteiger partial charge in [0.1, 0.15) is 5.69 Å². The predicted octanol–water partition coefficient (Wildman–Crippen LogP) is 1.66. The zero-order valence-corrected chi connectivity index (χ0v) is 7.16. The maximum atomic E-state index is 10.3. The molecule has 0 bridgehead atoms. The summed E-state index contributed by atoms with van der Waals surface area (Å²) >= 11 is 0. The van der Waals surface area contributed by atoms with Crippen molar-refractivity contribution in [2.45, 2.75) is 12.8 Å². The minimum absolute atomic E-state index is 0.456. The lowest BCUT2D eigenvalue weighted by molar-refractivity contribution is 0.111. The van der Waals surface area contributed by atoms with Crippen molar-refractivity contribution in [1.82, 2.24) is 4.98 Å².